The second kappa shape index (κ2) is 6.89. The maximum Gasteiger partial charge on any atom is 0.193 e. The van der Waals surface area contributed by atoms with Crippen LogP contribution in [0.15, 0.2) is 29.3 Å². The van der Waals surface area contributed by atoms with Gasteiger partial charge in [-0.2, -0.15) is 0 Å². The van der Waals surface area contributed by atoms with Crippen molar-refractivity contribution in [2.45, 2.75) is 46.3 Å². The zero-order chi connectivity index (χ0) is 13.5. The van der Waals surface area contributed by atoms with Gasteiger partial charge in [-0.25, -0.2) is 0 Å². The summed E-state index contributed by atoms with van der Waals surface area (Å²) in [4.78, 5) is 4.22. The fourth-order valence-electron chi connectivity index (χ4n) is 1.42. The highest BCUT2D eigenvalue weighted by atomic mass is 16.5. The van der Waals surface area contributed by atoms with Gasteiger partial charge < -0.3 is 15.8 Å². The molecule has 0 aliphatic carbocycles. The number of hydrogen-bond acceptors (Lipinski definition) is 2. The number of benzene rings is 1. The summed E-state index contributed by atoms with van der Waals surface area (Å²) in [5.41, 5.74) is 6.67. The molecule has 18 heavy (non-hydrogen) atoms. The molecule has 1 atom stereocenters. The summed E-state index contributed by atoms with van der Waals surface area (Å²) >= 11 is 0. The topological polar surface area (TPSA) is 59.6 Å². The van der Waals surface area contributed by atoms with Gasteiger partial charge in [-0.15, -0.1) is 0 Å². The van der Waals surface area contributed by atoms with Crippen LogP contribution in [-0.2, 0) is 0 Å². The molecule has 1 unspecified atom stereocenters. The first kappa shape index (κ1) is 14.4. The van der Waals surface area contributed by atoms with Gasteiger partial charge in [0.2, 0.25) is 0 Å². The summed E-state index contributed by atoms with van der Waals surface area (Å²) in [7, 11) is 0. The third kappa shape index (κ3) is 5.08. The molecule has 3 N–H and O–H groups in total. The Labute approximate surface area is 109 Å². The van der Waals surface area contributed by atoms with Crippen LogP contribution in [0, 0.1) is 0 Å². The quantitative estimate of drug-likeness (QED) is 0.623. The predicted molar refractivity (Wildman–Crippen MR) is 77.2 cm³/mol. The molecule has 4 nitrogen and oxygen atoms in total. The van der Waals surface area contributed by atoms with Gasteiger partial charge in [0.15, 0.2) is 5.96 Å². The van der Waals surface area contributed by atoms with Crippen molar-refractivity contribution in [2.24, 2.45) is 10.7 Å². The molecule has 0 aliphatic rings. The minimum atomic E-state index is 0.178. The zero-order valence-electron chi connectivity index (χ0n) is 11.6. The van der Waals surface area contributed by atoms with Crippen molar-refractivity contribution in [1.29, 1.82) is 0 Å². The van der Waals surface area contributed by atoms with Crippen molar-refractivity contribution < 1.29 is 4.74 Å². The molecule has 0 radical (unpaired) electrons. The van der Waals surface area contributed by atoms with Gasteiger partial charge in [0.1, 0.15) is 5.75 Å². The summed E-state index contributed by atoms with van der Waals surface area (Å²) in [6.45, 7) is 8.11. The molecule has 0 aliphatic heterocycles. The smallest absolute Gasteiger partial charge is 0.193 e. The molecule has 4 heteroatoms. The summed E-state index contributed by atoms with van der Waals surface area (Å²) in [6.07, 6.45) is 1.19. The number of guanidine groups is 1. The van der Waals surface area contributed by atoms with Crippen LogP contribution in [0.25, 0.3) is 0 Å². The molecular weight excluding hydrogens is 226 g/mol. The van der Waals surface area contributed by atoms with Crippen LogP contribution < -0.4 is 15.8 Å². The number of nitrogens with zero attached hydrogens (tertiary/aromatic N) is 1. The second-order valence-corrected chi connectivity index (χ2v) is 4.60. The molecule has 0 aromatic heterocycles. The van der Waals surface area contributed by atoms with Gasteiger partial charge in [-0.05, 0) is 39.3 Å². The van der Waals surface area contributed by atoms with Gasteiger partial charge in [0, 0.05) is 17.8 Å². The van der Waals surface area contributed by atoms with E-state index in [2.05, 4.69) is 24.2 Å². The van der Waals surface area contributed by atoms with E-state index in [1.165, 1.54) is 0 Å². The highest BCUT2D eigenvalue weighted by Gasteiger charge is 2.02. The third-order valence-corrected chi connectivity index (χ3v) is 2.42. The maximum absolute atomic E-state index is 5.78. The average Bonchev–Trinajstić information content (AvgIpc) is 2.28. The van der Waals surface area contributed by atoms with Crippen LogP contribution in [-0.4, -0.2) is 18.1 Å². The summed E-state index contributed by atoms with van der Waals surface area (Å²) in [6, 6.07) is 7.91. The average molecular weight is 249 g/mol. The van der Waals surface area contributed by atoms with Gasteiger partial charge in [0.05, 0.1) is 6.10 Å². The fraction of sp³-hybridized carbons (Fsp3) is 0.500. The molecule has 0 bridgehead atoms. The molecule has 0 amide bonds. The van der Waals surface area contributed by atoms with Crippen molar-refractivity contribution in [3.05, 3.63) is 24.3 Å². The maximum atomic E-state index is 5.78. The SMILES string of the molecule is CCC(C)Oc1cccc(NC(N)=NC(C)C)c1. The first-order chi connectivity index (χ1) is 8.51. The van der Waals surface area contributed by atoms with Crippen LogP contribution in [0.3, 0.4) is 0 Å². The number of nitrogens with two attached hydrogens (primary N) is 1. The molecule has 0 spiro atoms. The number of nitrogens with one attached hydrogen (secondary N) is 1. The number of rotatable bonds is 5. The molecule has 1 aromatic rings. The van der Waals surface area contributed by atoms with E-state index in [4.69, 9.17) is 10.5 Å². The van der Waals surface area contributed by atoms with Crippen molar-refractivity contribution in [3.8, 4) is 5.75 Å². The fourth-order valence-corrected chi connectivity index (χ4v) is 1.42. The van der Waals surface area contributed by atoms with E-state index in [1.54, 1.807) is 0 Å². The van der Waals surface area contributed by atoms with E-state index in [-0.39, 0.29) is 12.1 Å². The Kier molecular flexibility index (Phi) is 5.49. The van der Waals surface area contributed by atoms with E-state index in [0.717, 1.165) is 17.9 Å². The molecule has 0 heterocycles. The normalized spacial score (nSPS) is 13.5. The summed E-state index contributed by atoms with van der Waals surface area (Å²) in [5.74, 6) is 1.26. The molecule has 100 valence electrons. The lowest BCUT2D eigenvalue weighted by molar-refractivity contribution is 0.217. The first-order valence-corrected chi connectivity index (χ1v) is 6.38. The van der Waals surface area contributed by atoms with Crippen LogP contribution >= 0.6 is 0 Å². The second-order valence-electron chi connectivity index (χ2n) is 4.60. The molecule has 0 fully saturated rings. The minimum Gasteiger partial charge on any atom is -0.491 e. The molecule has 0 saturated heterocycles. The lowest BCUT2D eigenvalue weighted by atomic mass is 10.3. The Morgan fingerprint density at radius 3 is 2.72 bits per heavy atom. The zero-order valence-corrected chi connectivity index (χ0v) is 11.6. The van der Waals surface area contributed by atoms with Crippen molar-refractivity contribution >= 4 is 11.6 Å². The van der Waals surface area contributed by atoms with E-state index in [0.29, 0.717) is 5.96 Å². The highest BCUT2D eigenvalue weighted by Crippen LogP contribution is 2.19. The van der Waals surface area contributed by atoms with Gasteiger partial charge in [0.25, 0.3) is 0 Å². The van der Waals surface area contributed by atoms with Gasteiger partial charge >= 0.3 is 0 Å². The largest absolute Gasteiger partial charge is 0.491 e. The van der Waals surface area contributed by atoms with E-state index >= 15 is 0 Å². The highest BCUT2D eigenvalue weighted by molar-refractivity contribution is 5.92. The van der Waals surface area contributed by atoms with Gasteiger partial charge in [-0.1, -0.05) is 13.0 Å². The van der Waals surface area contributed by atoms with Gasteiger partial charge in [-0.3, -0.25) is 4.99 Å². The van der Waals surface area contributed by atoms with Crippen LogP contribution in [0.4, 0.5) is 5.69 Å². The Hall–Kier alpha value is -1.71. The van der Waals surface area contributed by atoms with Crippen molar-refractivity contribution in [1.82, 2.24) is 0 Å². The predicted octanol–water partition coefficient (Wildman–Crippen LogP) is 3.00. The van der Waals surface area contributed by atoms with Crippen molar-refractivity contribution in [3.63, 3.8) is 0 Å². The number of anilines is 1. The molecule has 1 aromatic carbocycles. The number of hydrogen-bond donors (Lipinski definition) is 2. The number of aliphatic imine (C=N–C) groups is 1. The van der Waals surface area contributed by atoms with Crippen LogP contribution in [0.5, 0.6) is 5.75 Å². The summed E-state index contributed by atoms with van der Waals surface area (Å²) < 4.78 is 5.75. The molecule has 1 rings (SSSR count). The van der Waals surface area contributed by atoms with Crippen molar-refractivity contribution in [2.75, 3.05) is 5.32 Å². The standard InChI is InChI=1S/C14H23N3O/c1-5-11(4)18-13-8-6-7-12(9-13)17-14(15)16-10(2)3/h6-11H,5H2,1-4H3,(H3,15,16,17). The van der Waals surface area contributed by atoms with Crippen LogP contribution in [0.1, 0.15) is 34.1 Å². The Morgan fingerprint density at radius 1 is 1.39 bits per heavy atom. The third-order valence-electron chi connectivity index (χ3n) is 2.42. The monoisotopic (exact) mass is 249 g/mol. The van der Waals surface area contributed by atoms with E-state index in [9.17, 15) is 0 Å². The van der Waals surface area contributed by atoms with Crippen LogP contribution in [0.2, 0.25) is 0 Å². The lowest BCUT2D eigenvalue weighted by Crippen LogP contribution is -2.24. The summed E-state index contributed by atoms with van der Waals surface area (Å²) in [5, 5.41) is 3.05. The number of ether oxygens (including phenoxy) is 1. The Bertz CT molecular complexity index is 402. The lowest BCUT2D eigenvalue weighted by Gasteiger charge is -2.14. The van der Waals surface area contributed by atoms with E-state index < -0.39 is 0 Å². The molecule has 0 saturated carbocycles. The minimum absolute atomic E-state index is 0.178. The Balaban J connectivity index is 2.70. The molecular formula is C14H23N3O. The Morgan fingerprint density at radius 2 is 2.11 bits per heavy atom. The first-order valence-electron chi connectivity index (χ1n) is 6.38. The van der Waals surface area contributed by atoms with E-state index in [1.807, 2.05) is 38.1 Å².